The molecule has 49 heavy (non-hydrogen) atoms. The van der Waals surface area contributed by atoms with Gasteiger partial charge in [-0.1, -0.05) is 65.2 Å². The van der Waals surface area contributed by atoms with Crippen LogP contribution in [0.2, 0.25) is 0 Å². The summed E-state index contributed by atoms with van der Waals surface area (Å²) in [7, 11) is 0. The number of hydrogen-bond acceptors (Lipinski definition) is 5. The first-order chi connectivity index (χ1) is 23.9. The Labute approximate surface area is 308 Å². The van der Waals surface area contributed by atoms with E-state index in [9.17, 15) is 0 Å². The molecule has 4 bridgehead atoms. The average molecular weight is 697 g/mol. The highest BCUT2D eigenvalue weighted by Crippen LogP contribution is 2.62. The zero-order valence-corrected chi connectivity index (χ0v) is 32.2. The zero-order chi connectivity index (χ0) is 34.2. The van der Waals surface area contributed by atoms with Gasteiger partial charge in [0.1, 0.15) is 11.5 Å². The SMILES string of the molecule is CCCCCCC12CCC(Cc3cc(N=C=S)ccc3Oc3ccc(N=C=S)cc3CC34CCC(CCCCCC)(CC3)CC4)(CC1)CC2. The molecular formula is C44H60N2OS2. The Balaban J connectivity index is 1.20. The molecule has 5 heteroatoms. The van der Waals surface area contributed by atoms with Gasteiger partial charge in [-0.3, -0.25) is 0 Å². The summed E-state index contributed by atoms with van der Waals surface area (Å²) in [6.07, 6.45) is 32.3. The van der Waals surface area contributed by atoms with Crippen molar-refractivity contribution in [1.82, 2.24) is 0 Å². The fraction of sp³-hybridized carbons (Fsp3) is 0.682. The minimum Gasteiger partial charge on any atom is -0.457 e. The van der Waals surface area contributed by atoms with E-state index in [1.54, 1.807) is 0 Å². The number of rotatable bonds is 18. The van der Waals surface area contributed by atoms with E-state index in [1.807, 2.05) is 12.1 Å². The molecule has 0 saturated heterocycles. The van der Waals surface area contributed by atoms with E-state index >= 15 is 0 Å². The van der Waals surface area contributed by atoms with Gasteiger partial charge in [-0.15, -0.1) is 0 Å². The highest BCUT2D eigenvalue weighted by Gasteiger charge is 2.49. The summed E-state index contributed by atoms with van der Waals surface area (Å²) in [5, 5.41) is 5.20. The van der Waals surface area contributed by atoms with Crippen LogP contribution in [-0.2, 0) is 12.8 Å². The Kier molecular flexibility index (Phi) is 12.3. The van der Waals surface area contributed by atoms with E-state index in [4.69, 9.17) is 29.2 Å². The van der Waals surface area contributed by atoms with E-state index in [0.29, 0.717) is 21.7 Å². The number of aliphatic imine (C=N–C) groups is 2. The summed E-state index contributed by atoms with van der Waals surface area (Å²) in [4.78, 5) is 8.78. The molecule has 0 amide bonds. The summed E-state index contributed by atoms with van der Waals surface area (Å²) < 4.78 is 7.01. The Morgan fingerprint density at radius 3 is 1.24 bits per heavy atom. The largest absolute Gasteiger partial charge is 0.457 e. The quantitative estimate of drug-likeness (QED) is 0.0884. The molecule has 8 rings (SSSR count). The Morgan fingerprint density at radius 1 is 0.531 bits per heavy atom. The predicted octanol–water partition coefficient (Wildman–Crippen LogP) is 14.7. The molecule has 0 radical (unpaired) electrons. The summed E-state index contributed by atoms with van der Waals surface area (Å²) in [6, 6.07) is 12.8. The zero-order valence-electron chi connectivity index (χ0n) is 30.6. The topological polar surface area (TPSA) is 34.0 Å². The summed E-state index contributed by atoms with van der Waals surface area (Å²) in [6.45, 7) is 4.63. The fourth-order valence-electron chi connectivity index (χ4n) is 10.6. The van der Waals surface area contributed by atoms with Gasteiger partial charge in [0.2, 0.25) is 0 Å². The summed E-state index contributed by atoms with van der Waals surface area (Å²) in [5.74, 6) is 1.92. The minimum absolute atomic E-state index is 0.357. The van der Waals surface area contributed by atoms with Crippen LogP contribution in [-0.4, -0.2) is 10.3 Å². The predicted molar refractivity (Wildman–Crippen MR) is 212 cm³/mol. The molecule has 6 aliphatic rings. The van der Waals surface area contributed by atoms with Gasteiger partial charge in [0.15, 0.2) is 0 Å². The molecule has 0 N–H and O–H groups in total. The van der Waals surface area contributed by atoms with Gasteiger partial charge in [-0.05, 0) is 196 Å². The molecule has 6 fully saturated rings. The van der Waals surface area contributed by atoms with Crippen molar-refractivity contribution in [2.45, 2.75) is 168 Å². The van der Waals surface area contributed by atoms with Crippen molar-refractivity contribution < 1.29 is 4.74 Å². The van der Waals surface area contributed by atoms with Crippen molar-refractivity contribution in [3.8, 4) is 11.5 Å². The number of unbranched alkanes of at least 4 members (excludes halogenated alkanes) is 6. The van der Waals surface area contributed by atoms with Crippen molar-refractivity contribution in [3.05, 3.63) is 47.5 Å². The van der Waals surface area contributed by atoms with Crippen LogP contribution in [0.1, 0.15) is 166 Å². The second-order valence-corrected chi connectivity index (χ2v) is 17.4. The van der Waals surface area contributed by atoms with Crippen LogP contribution >= 0.6 is 24.4 Å². The lowest BCUT2D eigenvalue weighted by Crippen LogP contribution is -2.42. The molecule has 6 aliphatic carbocycles. The van der Waals surface area contributed by atoms with Gasteiger partial charge >= 0.3 is 0 Å². The molecule has 0 heterocycles. The second kappa shape index (κ2) is 16.5. The lowest BCUT2D eigenvalue weighted by atomic mass is 9.51. The Bertz CT molecular complexity index is 1370. The maximum atomic E-state index is 7.01. The first-order valence-corrected chi connectivity index (χ1v) is 20.8. The number of isothiocyanates is 2. The smallest absolute Gasteiger partial charge is 0.130 e. The van der Waals surface area contributed by atoms with E-state index in [0.717, 1.165) is 35.7 Å². The number of nitrogens with zero attached hydrogens (tertiary/aromatic N) is 2. The van der Waals surface area contributed by atoms with Gasteiger partial charge in [-0.2, -0.15) is 9.98 Å². The number of fused-ring (bicyclic) bond motifs is 6. The summed E-state index contributed by atoms with van der Waals surface area (Å²) >= 11 is 10.0. The van der Waals surface area contributed by atoms with Crippen LogP contribution in [0.5, 0.6) is 11.5 Å². The van der Waals surface area contributed by atoms with Crippen LogP contribution in [0.25, 0.3) is 0 Å². The van der Waals surface area contributed by atoms with Crippen molar-refractivity contribution >= 4 is 46.1 Å². The third kappa shape index (κ3) is 8.84. The molecule has 0 spiro atoms. The lowest BCUT2D eigenvalue weighted by molar-refractivity contribution is -0.0159. The van der Waals surface area contributed by atoms with Gasteiger partial charge in [0.05, 0.1) is 21.7 Å². The molecule has 3 nitrogen and oxygen atoms in total. The van der Waals surface area contributed by atoms with Gasteiger partial charge in [-0.25, -0.2) is 0 Å². The van der Waals surface area contributed by atoms with E-state index in [2.05, 4.69) is 58.4 Å². The number of thiocarbonyl (C=S) groups is 2. The maximum absolute atomic E-state index is 7.01. The van der Waals surface area contributed by atoms with Crippen LogP contribution in [0.3, 0.4) is 0 Å². The molecule has 0 atom stereocenters. The maximum Gasteiger partial charge on any atom is 0.130 e. The molecule has 264 valence electrons. The van der Waals surface area contributed by atoms with Crippen LogP contribution in [0, 0.1) is 21.7 Å². The summed E-state index contributed by atoms with van der Waals surface area (Å²) in [5.41, 5.74) is 6.19. The highest BCUT2D eigenvalue weighted by molar-refractivity contribution is 7.78. The standard InChI is InChI=1S/C44H60N2OS2/c1-3-5-7-9-15-41-17-23-43(24-18-41,25-19-41)31-35-29-37(45-33-48)11-13-39(35)47-40-14-12-38(46-34-49)30-36(40)32-44-26-20-42(21-27-44,22-28-44)16-10-8-6-4-2/h11-14,29-30H,3-10,15-28,31-32H2,1-2H3. The molecular weight excluding hydrogens is 637 g/mol. The lowest BCUT2D eigenvalue weighted by Gasteiger charge is -2.54. The average Bonchev–Trinajstić information content (AvgIpc) is 3.13. The fourth-order valence-corrected chi connectivity index (χ4v) is 10.8. The Morgan fingerprint density at radius 2 is 0.898 bits per heavy atom. The number of hydrogen-bond donors (Lipinski definition) is 0. The van der Waals surface area contributed by atoms with E-state index < -0.39 is 0 Å². The van der Waals surface area contributed by atoms with Crippen molar-refractivity contribution in [2.24, 2.45) is 31.6 Å². The van der Waals surface area contributed by atoms with Crippen molar-refractivity contribution in [2.75, 3.05) is 0 Å². The van der Waals surface area contributed by atoms with Gasteiger partial charge in [0, 0.05) is 0 Å². The first-order valence-electron chi connectivity index (χ1n) is 20.0. The van der Waals surface area contributed by atoms with Crippen molar-refractivity contribution in [3.63, 3.8) is 0 Å². The molecule has 6 saturated carbocycles. The first kappa shape index (κ1) is 36.6. The monoisotopic (exact) mass is 696 g/mol. The van der Waals surface area contributed by atoms with E-state index in [-0.39, 0.29) is 0 Å². The van der Waals surface area contributed by atoms with Crippen LogP contribution in [0.4, 0.5) is 11.4 Å². The molecule has 0 aromatic heterocycles. The Hall–Kier alpha value is -2.16. The van der Waals surface area contributed by atoms with Gasteiger partial charge in [0.25, 0.3) is 0 Å². The third-order valence-corrected chi connectivity index (χ3v) is 14.2. The minimum atomic E-state index is 0.357. The second-order valence-electron chi connectivity index (χ2n) is 17.1. The molecule has 2 aromatic carbocycles. The van der Waals surface area contributed by atoms with E-state index in [1.165, 1.54) is 152 Å². The normalized spacial score (nSPS) is 28.5. The van der Waals surface area contributed by atoms with Gasteiger partial charge < -0.3 is 4.74 Å². The molecule has 0 aliphatic heterocycles. The van der Waals surface area contributed by atoms with Crippen LogP contribution < -0.4 is 4.74 Å². The van der Waals surface area contributed by atoms with Crippen LogP contribution in [0.15, 0.2) is 46.4 Å². The molecule has 0 unspecified atom stereocenters. The van der Waals surface area contributed by atoms with Crippen molar-refractivity contribution in [1.29, 1.82) is 0 Å². The molecule has 2 aromatic rings. The highest BCUT2D eigenvalue weighted by atomic mass is 32.1. The third-order valence-electron chi connectivity index (χ3n) is 14.0. The number of benzene rings is 2. The number of ether oxygens (including phenoxy) is 1.